The van der Waals surface area contributed by atoms with E-state index >= 15 is 0 Å². The maximum absolute atomic E-state index is 12.2. The lowest BCUT2D eigenvalue weighted by molar-refractivity contribution is -0.384. The van der Waals surface area contributed by atoms with Crippen LogP contribution >= 0.6 is 0 Å². The summed E-state index contributed by atoms with van der Waals surface area (Å²) in [6.07, 6.45) is -0.456. The summed E-state index contributed by atoms with van der Waals surface area (Å²) in [5.41, 5.74) is 0.122. The van der Waals surface area contributed by atoms with Gasteiger partial charge in [0.2, 0.25) is 5.60 Å². The average molecular weight is 299 g/mol. The minimum Gasteiger partial charge on any atom is -0.467 e. The maximum atomic E-state index is 12.2. The molecule has 0 unspecified atom stereocenters. The van der Waals surface area contributed by atoms with Gasteiger partial charge >= 0.3 is 5.97 Å². The number of ether oxygens (including phenoxy) is 2. The summed E-state index contributed by atoms with van der Waals surface area (Å²) < 4.78 is 10.5. The predicted molar refractivity (Wildman–Crippen MR) is 77.1 cm³/mol. The number of nitro groups is 1. The van der Waals surface area contributed by atoms with E-state index in [-0.39, 0.29) is 5.69 Å². The van der Waals surface area contributed by atoms with E-state index in [1.165, 1.54) is 31.4 Å². The Balaban J connectivity index is 1.99. The number of non-ortho nitro benzene ring substituents is 1. The molecule has 0 saturated carbocycles. The van der Waals surface area contributed by atoms with Crippen LogP contribution in [0, 0.1) is 10.1 Å². The fourth-order valence-corrected chi connectivity index (χ4v) is 2.56. The van der Waals surface area contributed by atoms with Crippen LogP contribution < -0.4 is 0 Å². The first-order valence-corrected chi connectivity index (χ1v) is 6.65. The van der Waals surface area contributed by atoms with Gasteiger partial charge in [-0.05, 0) is 23.3 Å². The van der Waals surface area contributed by atoms with Crippen LogP contribution in [0.4, 0.5) is 5.69 Å². The first-order chi connectivity index (χ1) is 10.6. The molecule has 1 fully saturated rings. The third kappa shape index (κ3) is 2.14. The second-order valence-electron chi connectivity index (χ2n) is 4.94. The van der Waals surface area contributed by atoms with Crippen molar-refractivity contribution in [3.63, 3.8) is 0 Å². The van der Waals surface area contributed by atoms with Crippen molar-refractivity contribution in [3.8, 4) is 0 Å². The van der Waals surface area contributed by atoms with Gasteiger partial charge in [-0.1, -0.05) is 30.3 Å². The van der Waals surface area contributed by atoms with E-state index in [2.05, 4.69) is 0 Å². The Kier molecular flexibility index (Phi) is 3.38. The highest BCUT2D eigenvalue weighted by atomic mass is 16.7. The zero-order valence-electron chi connectivity index (χ0n) is 11.8. The second-order valence-corrected chi connectivity index (χ2v) is 4.94. The van der Waals surface area contributed by atoms with E-state index < -0.39 is 22.6 Å². The topological polar surface area (TPSA) is 82.0 Å². The molecule has 0 bridgehead atoms. The van der Waals surface area contributed by atoms with Gasteiger partial charge in [0.05, 0.1) is 12.0 Å². The average Bonchev–Trinajstić information content (AvgIpc) is 3.32. The Bertz CT molecular complexity index is 713. The van der Waals surface area contributed by atoms with Crippen molar-refractivity contribution >= 4 is 11.7 Å². The van der Waals surface area contributed by atoms with Crippen LogP contribution in [0.5, 0.6) is 0 Å². The van der Waals surface area contributed by atoms with Crippen molar-refractivity contribution in [2.45, 2.75) is 11.7 Å². The minimum absolute atomic E-state index is 0.0410. The van der Waals surface area contributed by atoms with Gasteiger partial charge in [-0.2, -0.15) is 0 Å². The number of carbonyl (C=O) groups excluding carboxylic acids is 1. The molecule has 2 aromatic carbocycles. The van der Waals surface area contributed by atoms with Crippen molar-refractivity contribution in [1.29, 1.82) is 0 Å². The molecule has 1 aliphatic rings. The molecular formula is C16H13NO5. The molecule has 112 valence electrons. The van der Waals surface area contributed by atoms with E-state index in [0.29, 0.717) is 5.56 Å². The molecule has 0 aliphatic carbocycles. The van der Waals surface area contributed by atoms with Crippen molar-refractivity contribution in [1.82, 2.24) is 0 Å². The number of nitro benzene ring substituents is 1. The monoisotopic (exact) mass is 299 g/mol. The molecule has 6 nitrogen and oxygen atoms in total. The van der Waals surface area contributed by atoms with Gasteiger partial charge in [0.1, 0.15) is 6.10 Å². The molecule has 2 atom stereocenters. The summed E-state index contributed by atoms with van der Waals surface area (Å²) in [5.74, 6) is -0.518. The zero-order valence-corrected chi connectivity index (χ0v) is 11.8. The van der Waals surface area contributed by atoms with Crippen LogP contribution in [-0.2, 0) is 19.9 Å². The minimum atomic E-state index is -1.23. The lowest BCUT2D eigenvalue weighted by Crippen LogP contribution is -2.24. The molecule has 2 aromatic rings. The first-order valence-electron chi connectivity index (χ1n) is 6.65. The zero-order chi connectivity index (χ0) is 15.7. The summed E-state index contributed by atoms with van der Waals surface area (Å²) in [6, 6.07) is 15.1. The Hall–Kier alpha value is -2.73. The van der Waals surface area contributed by atoms with Gasteiger partial charge in [-0.25, -0.2) is 4.79 Å². The summed E-state index contributed by atoms with van der Waals surface area (Å²) >= 11 is 0. The van der Waals surface area contributed by atoms with Crippen molar-refractivity contribution in [2.24, 2.45) is 0 Å². The third-order valence-corrected chi connectivity index (χ3v) is 3.71. The van der Waals surface area contributed by atoms with E-state index in [0.717, 1.165) is 5.56 Å². The second kappa shape index (κ2) is 5.23. The predicted octanol–water partition coefficient (Wildman–Crippen LogP) is 2.73. The Labute approximate surface area is 126 Å². The quantitative estimate of drug-likeness (QED) is 0.375. The number of benzene rings is 2. The number of hydrogen-bond donors (Lipinski definition) is 0. The fourth-order valence-electron chi connectivity index (χ4n) is 2.56. The molecule has 0 amide bonds. The van der Waals surface area contributed by atoms with Gasteiger partial charge in [0.25, 0.3) is 5.69 Å². The van der Waals surface area contributed by atoms with Crippen molar-refractivity contribution < 1.29 is 19.2 Å². The molecule has 1 saturated heterocycles. The van der Waals surface area contributed by atoms with E-state index in [1.807, 2.05) is 30.3 Å². The molecule has 6 heteroatoms. The number of carbonyl (C=O) groups is 1. The van der Waals surface area contributed by atoms with Gasteiger partial charge in [0, 0.05) is 12.1 Å². The standard InChI is InChI=1S/C16H13NO5/c1-21-15(18)16(12-7-9-13(10-8-12)17(19)20)14(22-16)11-5-3-2-4-6-11/h2-10,14H,1H3/t14-,16-/m1/s1. The van der Waals surface area contributed by atoms with Crippen LogP contribution in [0.2, 0.25) is 0 Å². The molecule has 0 N–H and O–H groups in total. The molecule has 0 aromatic heterocycles. The molecule has 0 radical (unpaired) electrons. The highest BCUT2D eigenvalue weighted by molar-refractivity contribution is 5.85. The number of rotatable bonds is 4. The van der Waals surface area contributed by atoms with Crippen LogP contribution in [0.1, 0.15) is 17.2 Å². The summed E-state index contributed by atoms with van der Waals surface area (Å²) in [5, 5.41) is 10.7. The van der Waals surface area contributed by atoms with Crippen LogP contribution in [0.25, 0.3) is 0 Å². The van der Waals surface area contributed by atoms with Crippen LogP contribution in [-0.4, -0.2) is 18.0 Å². The van der Waals surface area contributed by atoms with Crippen molar-refractivity contribution in [3.05, 3.63) is 75.8 Å². The van der Waals surface area contributed by atoms with Gasteiger partial charge in [0.15, 0.2) is 0 Å². The Morgan fingerprint density at radius 3 is 2.36 bits per heavy atom. The Morgan fingerprint density at radius 1 is 1.18 bits per heavy atom. The van der Waals surface area contributed by atoms with Crippen LogP contribution in [0.3, 0.4) is 0 Å². The molecule has 22 heavy (non-hydrogen) atoms. The normalized spacial score (nSPS) is 22.9. The number of nitrogens with zero attached hydrogens (tertiary/aromatic N) is 1. The van der Waals surface area contributed by atoms with Gasteiger partial charge in [-0.3, -0.25) is 10.1 Å². The highest BCUT2D eigenvalue weighted by Gasteiger charge is 2.65. The number of esters is 1. The Morgan fingerprint density at radius 2 is 1.82 bits per heavy atom. The van der Waals surface area contributed by atoms with Gasteiger partial charge in [-0.15, -0.1) is 0 Å². The SMILES string of the molecule is COC(=O)[C@]1(c2ccc([N+](=O)[O-])cc2)O[C@@H]1c1ccccc1. The molecule has 1 aliphatic heterocycles. The number of hydrogen-bond acceptors (Lipinski definition) is 5. The molecular weight excluding hydrogens is 286 g/mol. The summed E-state index contributed by atoms with van der Waals surface area (Å²) in [7, 11) is 1.29. The summed E-state index contributed by atoms with van der Waals surface area (Å²) in [4.78, 5) is 22.5. The lowest BCUT2D eigenvalue weighted by Gasteiger charge is -2.11. The third-order valence-electron chi connectivity index (χ3n) is 3.71. The number of methoxy groups -OCH3 is 1. The highest BCUT2D eigenvalue weighted by Crippen LogP contribution is 2.57. The molecule has 0 spiro atoms. The smallest absolute Gasteiger partial charge is 0.346 e. The first kappa shape index (κ1) is 14.2. The van der Waals surface area contributed by atoms with E-state index in [1.54, 1.807) is 0 Å². The maximum Gasteiger partial charge on any atom is 0.346 e. The lowest BCUT2D eigenvalue weighted by atomic mass is 9.91. The van der Waals surface area contributed by atoms with Gasteiger partial charge < -0.3 is 9.47 Å². The number of epoxide rings is 1. The largest absolute Gasteiger partial charge is 0.467 e. The fraction of sp³-hybridized carbons (Fsp3) is 0.188. The summed E-state index contributed by atoms with van der Waals surface area (Å²) in [6.45, 7) is 0. The van der Waals surface area contributed by atoms with Crippen LogP contribution in [0.15, 0.2) is 54.6 Å². The molecule has 3 rings (SSSR count). The molecule has 1 heterocycles. The van der Waals surface area contributed by atoms with E-state index in [4.69, 9.17) is 9.47 Å². The van der Waals surface area contributed by atoms with E-state index in [9.17, 15) is 14.9 Å². The van der Waals surface area contributed by atoms with Crippen molar-refractivity contribution in [2.75, 3.05) is 7.11 Å².